The van der Waals surface area contributed by atoms with Crippen LogP contribution < -0.4 is 5.73 Å². The second-order valence-electron chi connectivity index (χ2n) is 3.78. The molecule has 0 radical (unpaired) electrons. The van der Waals surface area contributed by atoms with E-state index in [2.05, 4.69) is 31.9 Å². The van der Waals surface area contributed by atoms with Crippen molar-refractivity contribution in [2.75, 3.05) is 0 Å². The third-order valence-corrected chi connectivity index (χ3v) is 4.97. The third kappa shape index (κ3) is 2.99. The number of rotatable bonds is 3. The van der Waals surface area contributed by atoms with E-state index in [0.29, 0.717) is 12.0 Å². The first-order chi connectivity index (χ1) is 8.49. The van der Waals surface area contributed by atoms with Gasteiger partial charge in [0.2, 0.25) is 0 Å². The predicted octanol–water partition coefficient (Wildman–Crippen LogP) is 4.79. The second-order valence-corrected chi connectivity index (χ2v) is 7.12. The van der Waals surface area contributed by atoms with Gasteiger partial charge >= 0.3 is 0 Å². The molecule has 2 aromatic rings. The minimum Gasteiger partial charge on any atom is -0.324 e. The Morgan fingerprint density at radius 2 is 1.89 bits per heavy atom. The molecule has 1 atom stereocenters. The fraction of sp³-hybridized carbons (Fsp3) is 0.167. The molecule has 0 saturated heterocycles. The first-order valence-electron chi connectivity index (χ1n) is 5.12. The normalized spacial score (nSPS) is 12.7. The largest absolute Gasteiger partial charge is 0.324 e. The van der Waals surface area contributed by atoms with Crippen molar-refractivity contribution in [1.82, 2.24) is 0 Å². The summed E-state index contributed by atoms with van der Waals surface area (Å²) in [5, 5.41) is 0. The van der Waals surface area contributed by atoms with E-state index in [0.717, 1.165) is 14.7 Å². The van der Waals surface area contributed by atoms with Gasteiger partial charge in [0.05, 0.1) is 8.26 Å². The monoisotopic (exact) mass is 395 g/mol. The van der Waals surface area contributed by atoms with Crippen LogP contribution in [0.25, 0.3) is 0 Å². The number of nitrogens with two attached hydrogens (primary N) is 1. The molecule has 1 aromatic heterocycles. The van der Waals surface area contributed by atoms with E-state index in [1.807, 2.05) is 12.1 Å². The lowest BCUT2D eigenvalue weighted by molar-refractivity contribution is 0.500. The zero-order chi connectivity index (χ0) is 13.3. The van der Waals surface area contributed by atoms with E-state index in [1.165, 1.54) is 6.07 Å². The van der Waals surface area contributed by atoms with E-state index in [1.54, 1.807) is 11.3 Å². The minimum absolute atomic E-state index is 0.102. The number of hydrogen-bond acceptors (Lipinski definition) is 2. The molecule has 0 spiro atoms. The van der Waals surface area contributed by atoms with Crippen molar-refractivity contribution in [2.24, 2.45) is 5.73 Å². The molecule has 6 heteroatoms. The molecule has 1 heterocycles. The van der Waals surface area contributed by atoms with Crippen LogP contribution >= 0.6 is 43.2 Å². The van der Waals surface area contributed by atoms with E-state index < -0.39 is 11.6 Å². The Bertz CT molecular complexity index is 571. The van der Waals surface area contributed by atoms with Crippen LogP contribution in [0.4, 0.5) is 8.78 Å². The van der Waals surface area contributed by atoms with Crippen LogP contribution in [0.5, 0.6) is 0 Å². The Morgan fingerprint density at radius 3 is 2.50 bits per heavy atom. The molecule has 2 N–H and O–H groups in total. The maximum Gasteiger partial charge on any atom is 0.173 e. The first kappa shape index (κ1) is 14.1. The van der Waals surface area contributed by atoms with Gasteiger partial charge in [-0.05, 0) is 55.6 Å². The van der Waals surface area contributed by atoms with Crippen LogP contribution in [0.1, 0.15) is 16.5 Å². The predicted molar refractivity (Wildman–Crippen MR) is 76.7 cm³/mol. The molecule has 0 aliphatic heterocycles. The van der Waals surface area contributed by atoms with Crippen LogP contribution in [-0.4, -0.2) is 0 Å². The summed E-state index contributed by atoms with van der Waals surface area (Å²) in [6.07, 6.45) is 0.583. The number of benzene rings is 1. The molecule has 0 fully saturated rings. The number of halogens is 4. The van der Waals surface area contributed by atoms with Gasteiger partial charge in [0.15, 0.2) is 11.6 Å². The molecule has 0 amide bonds. The van der Waals surface area contributed by atoms with Gasteiger partial charge in [-0.1, -0.05) is 6.07 Å². The summed E-state index contributed by atoms with van der Waals surface area (Å²) in [6, 6.07) is 6.13. The average molecular weight is 397 g/mol. The molecule has 1 unspecified atom stereocenters. The van der Waals surface area contributed by atoms with Crippen molar-refractivity contribution >= 4 is 43.2 Å². The van der Waals surface area contributed by atoms with Crippen molar-refractivity contribution in [3.63, 3.8) is 0 Å². The van der Waals surface area contributed by atoms with E-state index in [9.17, 15) is 8.78 Å². The zero-order valence-electron chi connectivity index (χ0n) is 9.09. The van der Waals surface area contributed by atoms with Gasteiger partial charge in [0, 0.05) is 17.3 Å². The molecular weight excluding hydrogens is 388 g/mol. The number of hydrogen-bond donors (Lipinski definition) is 1. The summed E-state index contributed by atoms with van der Waals surface area (Å²) in [6.45, 7) is 0. The van der Waals surface area contributed by atoms with Gasteiger partial charge in [-0.3, -0.25) is 0 Å². The fourth-order valence-electron chi connectivity index (χ4n) is 1.62. The summed E-state index contributed by atoms with van der Waals surface area (Å²) in [5.41, 5.74) is 6.60. The quantitative estimate of drug-likeness (QED) is 0.741. The van der Waals surface area contributed by atoms with Crippen LogP contribution in [0.15, 0.2) is 32.5 Å². The smallest absolute Gasteiger partial charge is 0.173 e. The van der Waals surface area contributed by atoms with E-state index >= 15 is 0 Å². The standard InChI is InChI=1S/C12H9Br2F2NS/c13-10-4-1-6(18-10)5-9(17)7-2-3-8(15)12(16)11(7)14/h1-4,9H,5,17H2. The highest BCUT2D eigenvalue weighted by molar-refractivity contribution is 9.11. The van der Waals surface area contributed by atoms with Gasteiger partial charge in [-0.25, -0.2) is 8.78 Å². The molecule has 2 rings (SSSR count). The zero-order valence-corrected chi connectivity index (χ0v) is 13.1. The minimum atomic E-state index is -0.893. The summed E-state index contributed by atoms with van der Waals surface area (Å²) in [4.78, 5) is 1.09. The van der Waals surface area contributed by atoms with Crippen LogP contribution in [-0.2, 0) is 6.42 Å². The van der Waals surface area contributed by atoms with Crippen LogP contribution in [0.3, 0.4) is 0 Å². The molecule has 0 aliphatic rings. The SMILES string of the molecule is NC(Cc1ccc(Br)s1)c1ccc(F)c(F)c1Br. The van der Waals surface area contributed by atoms with Crippen molar-refractivity contribution in [2.45, 2.75) is 12.5 Å². The first-order valence-corrected chi connectivity index (χ1v) is 7.52. The lowest BCUT2D eigenvalue weighted by atomic mass is 10.0. The Labute approximate surface area is 124 Å². The van der Waals surface area contributed by atoms with Gasteiger partial charge in [-0.2, -0.15) is 0 Å². The second kappa shape index (κ2) is 5.77. The summed E-state index contributed by atoms with van der Waals surface area (Å²) in [5.74, 6) is -1.77. The molecular formula is C12H9Br2F2NS. The Hall–Kier alpha value is -0.300. The molecule has 18 heavy (non-hydrogen) atoms. The Kier molecular flexibility index (Phi) is 4.53. The highest BCUT2D eigenvalue weighted by atomic mass is 79.9. The Morgan fingerprint density at radius 1 is 1.17 bits per heavy atom. The van der Waals surface area contributed by atoms with Crippen molar-refractivity contribution < 1.29 is 8.78 Å². The summed E-state index contributed by atoms with van der Waals surface area (Å²) < 4.78 is 27.5. The van der Waals surface area contributed by atoms with Gasteiger partial charge in [-0.15, -0.1) is 11.3 Å². The lowest BCUT2D eigenvalue weighted by Gasteiger charge is -2.13. The molecule has 96 valence electrons. The van der Waals surface area contributed by atoms with Crippen LogP contribution in [0.2, 0.25) is 0 Å². The maximum atomic E-state index is 13.4. The number of thiophene rings is 1. The topological polar surface area (TPSA) is 26.0 Å². The highest BCUT2D eigenvalue weighted by Gasteiger charge is 2.17. The molecule has 1 nitrogen and oxygen atoms in total. The van der Waals surface area contributed by atoms with Crippen LogP contribution in [0, 0.1) is 11.6 Å². The molecule has 0 saturated carbocycles. The third-order valence-electron chi connectivity index (χ3n) is 2.51. The molecule has 1 aromatic carbocycles. The lowest BCUT2D eigenvalue weighted by Crippen LogP contribution is -2.14. The average Bonchev–Trinajstić information content (AvgIpc) is 2.71. The fourth-order valence-corrected chi connectivity index (χ4v) is 3.77. The summed E-state index contributed by atoms with van der Waals surface area (Å²) >= 11 is 8.00. The van der Waals surface area contributed by atoms with Gasteiger partial charge in [0.1, 0.15) is 0 Å². The molecule has 0 aliphatic carbocycles. The summed E-state index contributed by atoms with van der Waals surface area (Å²) in [7, 11) is 0. The van der Waals surface area contributed by atoms with Crippen molar-refractivity contribution in [3.05, 3.63) is 54.6 Å². The van der Waals surface area contributed by atoms with E-state index in [-0.39, 0.29) is 10.5 Å². The van der Waals surface area contributed by atoms with E-state index in [4.69, 9.17) is 5.73 Å². The highest BCUT2D eigenvalue weighted by Crippen LogP contribution is 2.31. The van der Waals surface area contributed by atoms with Gasteiger partial charge in [0.25, 0.3) is 0 Å². The maximum absolute atomic E-state index is 13.4. The van der Waals surface area contributed by atoms with Crippen molar-refractivity contribution in [1.29, 1.82) is 0 Å². The van der Waals surface area contributed by atoms with Gasteiger partial charge < -0.3 is 5.73 Å². The molecule has 0 bridgehead atoms. The Balaban J connectivity index is 2.24. The van der Waals surface area contributed by atoms with Crippen molar-refractivity contribution in [3.8, 4) is 0 Å².